The van der Waals surface area contributed by atoms with Gasteiger partial charge >= 0.3 is 0 Å². The molecule has 0 radical (unpaired) electrons. The first-order valence-corrected chi connectivity index (χ1v) is 10.8. The maximum Gasteiger partial charge on any atom is 0.240 e. The average Bonchev–Trinajstić information content (AvgIpc) is 3.14. The predicted octanol–water partition coefficient (Wildman–Crippen LogP) is -0.115. The number of sulfonamides is 2. The number of hydrogen-bond donors (Lipinski definition) is 2. The molecule has 24 heavy (non-hydrogen) atoms. The Morgan fingerprint density at radius 1 is 1.12 bits per heavy atom. The largest absolute Gasteiger partial charge is 0.326 e. The second kappa shape index (κ2) is 6.43. The van der Waals surface area contributed by atoms with Crippen LogP contribution in [0.1, 0.15) is 18.4 Å². The smallest absolute Gasteiger partial charge is 0.240 e. The fraction of sp³-hybridized carbons (Fsp3) is 0.500. The van der Waals surface area contributed by atoms with Crippen LogP contribution in [0.15, 0.2) is 23.1 Å². The molecule has 0 atom stereocenters. The van der Waals surface area contributed by atoms with Crippen LogP contribution in [0.3, 0.4) is 0 Å². The zero-order valence-electron chi connectivity index (χ0n) is 13.0. The van der Waals surface area contributed by atoms with Crippen molar-refractivity contribution >= 4 is 31.6 Å². The van der Waals surface area contributed by atoms with Crippen LogP contribution in [-0.4, -0.2) is 52.4 Å². The van der Waals surface area contributed by atoms with Crippen LogP contribution in [0.5, 0.6) is 0 Å². The third kappa shape index (κ3) is 3.61. The summed E-state index contributed by atoms with van der Waals surface area (Å²) in [5.41, 5.74) is 1.23. The van der Waals surface area contributed by atoms with Crippen LogP contribution in [0.25, 0.3) is 0 Å². The number of rotatable bonds is 6. The summed E-state index contributed by atoms with van der Waals surface area (Å²) in [6, 6.07) is 4.36. The molecule has 0 saturated carbocycles. The fourth-order valence-electron chi connectivity index (χ4n) is 2.86. The molecule has 0 aliphatic carbocycles. The lowest BCUT2D eigenvalue weighted by molar-refractivity contribution is -0.115. The molecule has 0 spiro atoms. The molecule has 0 unspecified atom stereocenters. The zero-order valence-corrected chi connectivity index (χ0v) is 14.6. The SMILES string of the molecule is O=C1Cc2cc(S(=O)(=O)NCCS(=O)(=O)N3CCCC3)ccc2N1. The molecule has 1 fully saturated rings. The van der Waals surface area contributed by atoms with Crippen LogP contribution in [0.2, 0.25) is 0 Å². The molecule has 2 N–H and O–H groups in total. The maximum atomic E-state index is 12.3. The van der Waals surface area contributed by atoms with Crippen molar-refractivity contribution in [3.8, 4) is 0 Å². The van der Waals surface area contributed by atoms with Crippen molar-refractivity contribution in [2.45, 2.75) is 24.2 Å². The first-order valence-electron chi connectivity index (χ1n) is 7.68. The van der Waals surface area contributed by atoms with Gasteiger partial charge in [0.25, 0.3) is 0 Å². The van der Waals surface area contributed by atoms with Crippen molar-refractivity contribution in [3.63, 3.8) is 0 Å². The normalized spacial score (nSPS) is 18.6. The number of carbonyl (C=O) groups excluding carboxylic acids is 1. The molecule has 2 aliphatic rings. The number of fused-ring (bicyclic) bond motifs is 1. The molecule has 1 amide bonds. The van der Waals surface area contributed by atoms with Crippen LogP contribution in [0, 0.1) is 0 Å². The molecule has 1 saturated heterocycles. The molecular weight excluding hydrogens is 354 g/mol. The molecule has 8 nitrogen and oxygen atoms in total. The lowest BCUT2D eigenvalue weighted by Crippen LogP contribution is -2.36. The monoisotopic (exact) mass is 373 g/mol. The topological polar surface area (TPSA) is 113 Å². The quantitative estimate of drug-likeness (QED) is 0.722. The van der Waals surface area contributed by atoms with Gasteiger partial charge < -0.3 is 5.32 Å². The summed E-state index contributed by atoms with van der Waals surface area (Å²) < 4.78 is 52.5. The predicted molar refractivity (Wildman–Crippen MR) is 88.6 cm³/mol. The van der Waals surface area contributed by atoms with E-state index in [4.69, 9.17) is 0 Å². The number of hydrogen-bond acceptors (Lipinski definition) is 5. The van der Waals surface area contributed by atoms with Gasteiger partial charge in [0.05, 0.1) is 17.1 Å². The standard InChI is InChI=1S/C14H19N3O5S2/c18-14-10-11-9-12(3-4-13(11)16-14)24(21,22)15-5-8-23(19,20)17-6-1-2-7-17/h3-4,9,15H,1-2,5-8,10H2,(H,16,18). The lowest BCUT2D eigenvalue weighted by atomic mass is 10.2. The molecule has 1 aromatic carbocycles. The number of benzene rings is 1. The van der Waals surface area contributed by atoms with E-state index in [9.17, 15) is 21.6 Å². The number of nitrogens with one attached hydrogen (secondary N) is 2. The highest BCUT2D eigenvalue weighted by Gasteiger charge is 2.26. The number of nitrogens with zero attached hydrogens (tertiary/aromatic N) is 1. The molecule has 10 heteroatoms. The molecule has 3 rings (SSSR count). The van der Waals surface area contributed by atoms with Gasteiger partial charge in [0.1, 0.15) is 0 Å². The average molecular weight is 373 g/mol. The Kier molecular flexibility index (Phi) is 4.65. The molecule has 132 valence electrons. The van der Waals surface area contributed by atoms with E-state index in [1.807, 2.05) is 0 Å². The van der Waals surface area contributed by atoms with Gasteiger partial charge in [-0.3, -0.25) is 4.79 Å². The summed E-state index contributed by atoms with van der Waals surface area (Å²) in [5, 5.41) is 2.63. The van der Waals surface area contributed by atoms with Gasteiger partial charge in [-0.2, -0.15) is 0 Å². The van der Waals surface area contributed by atoms with Gasteiger partial charge in [-0.05, 0) is 36.6 Å². The van der Waals surface area contributed by atoms with Crippen LogP contribution >= 0.6 is 0 Å². The molecule has 2 aliphatic heterocycles. The lowest BCUT2D eigenvalue weighted by Gasteiger charge is -2.15. The number of anilines is 1. The van der Waals surface area contributed by atoms with Crippen molar-refractivity contribution in [1.82, 2.24) is 9.03 Å². The third-order valence-electron chi connectivity index (χ3n) is 4.12. The van der Waals surface area contributed by atoms with Crippen LogP contribution < -0.4 is 10.0 Å². The second-order valence-electron chi connectivity index (χ2n) is 5.86. The summed E-state index contributed by atoms with van der Waals surface area (Å²) in [6.45, 7) is 0.817. The van der Waals surface area contributed by atoms with Crippen molar-refractivity contribution in [3.05, 3.63) is 23.8 Å². The summed E-state index contributed by atoms with van der Waals surface area (Å²) >= 11 is 0. The van der Waals surface area contributed by atoms with Crippen molar-refractivity contribution in [1.29, 1.82) is 0 Å². The van der Waals surface area contributed by atoms with Gasteiger partial charge in [-0.15, -0.1) is 0 Å². The van der Waals surface area contributed by atoms with Gasteiger partial charge in [-0.1, -0.05) is 0 Å². The van der Waals surface area contributed by atoms with E-state index in [0.29, 0.717) is 24.3 Å². The van der Waals surface area contributed by atoms with E-state index in [1.165, 1.54) is 22.5 Å². The second-order valence-corrected chi connectivity index (χ2v) is 9.72. The summed E-state index contributed by atoms with van der Waals surface area (Å²) in [4.78, 5) is 11.3. The molecule has 0 bridgehead atoms. The Balaban J connectivity index is 1.64. The van der Waals surface area contributed by atoms with E-state index in [1.54, 1.807) is 0 Å². The number of amides is 1. The van der Waals surface area contributed by atoms with E-state index in [0.717, 1.165) is 12.8 Å². The Hall–Kier alpha value is -1.49. The molecule has 1 aromatic rings. The fourth-order valence-corrected chi connectivity index (χ4v) is 5.50. The van der Waals surface area contributed by atoms with E-state index in [-0.39, 0.29) is 29.5 Å². The van der Waals surface area contributed by atoms with Gasteiger partial charge in [0, 0.05) is 25.3 Å². The molecular formula is C14H19N3O5S2. The highest BCUT2D eigenvalue weighted by molar-refractivity contribution is 7.90. The van der Waals surface area contributed by atoms with E-state index in [2.05, 4.69) is 10.0 Å². The molecule has 0 aromatic heterocycles. The summed E-state index contributed by atoms with van der Waals surface area (Å²) in [5.74, 6) is -0.443. The van der Waals surface area contributed by atoms with Crippen molar-refractivity contribution < 1.29 is 21.6 Å². The Morgan fingerprint density at radius 2 is 1.83 bits per heavy atom. The summed E-state index contributed by atoms with van der Waals surface area (Å²) in [6.07, 6.45) is 1.82. The highest BCUT2D eigenvalue weighted by Crippen LogP contribution is 2.25. The highest BCUT2D eigenvalue weighted by atomic mass is 32.2. The first-order chi connectivity index (χ1) is 11.3. The molecule has 2 heterocycles. The van der Waals surface area contributed by atoms with Gasteiger partial charge in [-0.25, -0.2) is 25.9 Å². The Labute approximate surface area is 141 Å². The van der Waals surface area contributed by atoms with Gasteiger partial charge in [0.15, 0.2) is 0 Å². The minimum Gasteiger partial charge on any atom is -0.326 e. The van der Waals surface area contributed by atoms with Crippen LogP contribution in [0.4, 0.5) is 5.69 Å². The zero-order chi connectivity index (χ0) is 17.4. The minimum atomic E-state index is -3.82. The van der Waals surface area contributed by atoms with E-state index >= 15 is 0 Å². The number of carbonyl (C=O) groups is 1. The van der Waals surface area contributed by atoms with Gasteiger partial charge in [0.2, 0.25) is 26.0 Å². The third-order valence-corrected chi connectivity index (χ3v) is 7.45. The first kappa shape index (κ1) is 17.3. The summed E-state index contributed by atoms with van der Waals surface area (Å²) in [7, 11) is -7.25. The van der Waals surface area contributed by atoms with Crippen molar-refractivity contribution in [2.24, 2.45) is 0 Å². The van der Waals surface area contributed by atoms with Crippen molar-refractivity contribution in [2.75, 3.05) is 30.7 Å². The van der Waals surface area contributed by atoms with E-state index < -0.39 is 20.0 Å². The van der Waals surface area contributed by atoms with Crippen LogP contribution in [-0.2, 0) is 31.3 Å². The Morgan fingerprint density at radius 3 is 2.54 bits per heavy atom. The Bertz CT molecular complexity index is 858. The maximum absolute atomic E-state index is 12.3. The minimum absolute atomic E-state index is 0.0244.